The zero-order valence-electron chi connectivity index (χ0n) is 56.3. The molecule has 12 fully saturated rings. The van der Waals surface area contributed by atoms with E-state index in [2.05, 4.69) is 83.1 Å². The molecule has 13 rings (SSSR count). The molecule has 1 aromatic carbocycles. The van der Waals surface area contributed by atoms with Crippen molar-refractivity contribution < 1.29 is 38.1 Å². The number of hydrogen-bond donors (Lipinski definition) is 0. The molecule has 478 valence electrons. The Morgan fingerprint density at radius 2 is 0.488 bits per heavy atom. The molecular weight excluding hydrogens is 1060 g/mol. The number of ether oxygens (including phenoxy) is 4. The van der Waals surface area contributed by atoms with Gasteiger partial charge in [0.25, 0.3) is 0 Å². The number of fused-ring (bicyclic) bond motifs is 8. The Balaban J connectivity index is 0.927. The molecule has 1 aromatic rings. The Bertz CT molecular complexity index is 2360. The minimum Gasteiger partial charge on any atom is -0.458 e. The zero-order valence-corrected chi connectivity index (χ0v) is 56.3. The van der Waals surface area contributed by atoms with E-state index in [4.69, 9.17) is 18.9 Å². The van der Waals surface area contributed by atoms with Crippen molar-refractivity contribution in [1.82, 2.24) is 0 Å². The molecule has 0 unspecified atom stereocenters. The Labute approximate surface area is 521 Å². The van der Waals surface area contributed by atoms with Crippen LogP contribution in [0.15, 0.2) is 12.1 Å². The van der Waals surface area contributed by atoms with Gasteiger partial charge in [-0.2, -0.15) is 0 Å². The molecule has 0 saturated heterocycles. The Hall–Kier alpha value is -2.90. The molecule has 8 nitrogen and oxygen atoms in total. The minimum atomic E-state index is -0.592. The van der Waals surface area contributed by atoms with Gasteiger partial charge in [-0.25, -0.2) is 19.2 Å². The molecule has 0 amide bonds. The summed E-state index contributed by atoms with van der Waals surface area (Å²) < 4.78 is 28.8. The standard InChI is InChI=1S/C78H118O8/c1-71(2)59-33-37-75(71,9)63(55(59)41-47-25-17-13-18-26-47)83-67(79)51-45-53(69(81)85-65-57(43-49-29-21-15-22-30-49)61-35-39-77(65,11)73(61,5)6)54(70(82)86-66-58(44-50-31-23-16-24-32-50)62-36-40-78(66,12)74(62,7)8)46-52(51)68(80)84-64-56(42-48-27-19-14-20-28-48)60-34-38-76(64,10)72(60,3)4/h45-50,55-66H,13-44H2,1-12H3/t55-,56-,57-,58-,59+,60+,61+,62+,63-,64-,65-,66-,75-,76-,77-,78-/m1/s1. The Morgan fingerprint density at radius 3 is 0.674 bits per heavy atom. The first kappa shape index (κ1) is 61.9. The van der Waals surface area contributed by atoms with Crippen molar-refractivity contribution in [2.24, 2.45) is 114 Å². The van der Waals surface area contributed by atoms with E-state index in [0.29, 0.717) is 47.3 Å². The molecular formula is C78H118O8. The summed E-state index contributed by atoms with van der Waals surface area (Å²) in [6.45, 7) is 28.6. The molecule has 12 aliphatic carbocycles. The van der Waals surface area contributed by atoms with E-state index in [1.807, 2.05) is 0 Å². The van der Waals surface area contributed by atoms with E-state index in [-0.39, 0.29) is 114 Å². The topological polar surface area (TPSA) is 105 Å². The van der Waals surface area contributed by atoms with Crippen LogP contribution >= 0.6 is 0 Å². The second-order valence-corrected chi connectivity index (χ2v) is 36.0. The molecule has 8 heteroatoms. The fourth-order valence-electron chi connectivity index (χ4n) is 25.3. The van der Waals surface area contributed by atoms with Gasteiger partial charge in [-0.15, -0.1) is 0 Å². The highest BCUT2D eigenvalue weighted by Gasteiger charge is 2.72. The van der Waals surface area contributed by atoms with Gasteiger partial charge < -0.3 is 18.9 Å². The Kier molecular flexibility index (Phi) is 16.2. The highest BCUT2D eigenvalue weighted by atomic mass is 16.6. The van der Waals surface area contributed by atoms with E-state index >= 15 is 19.2 Å². The van der Waals surface area contributed by atoms with E-state index in [0.717, 1.165) is 77.0 Å². The third-order valence-electron chi connectivity index (χ3n) is 31.9. The van der Waals surface area contributed by atoms with Gasteiger partial charge in [-0.05, 0) is 158 Å². The van der Waals surface area contributed by atoms with Crippen molar-refractivity contribution in [3.05, 3.63) is 34.4 Å². The Morgan fingerprint density at radius 1 is 0.302 bits per heavy atom. The van der Waals surface area contributed by atoms with Crippen LogP contribution < -0.4 is 0 Å². The van der Waals surface area contributed by atoms with Crippen LogP contribution in [0.2, 0.25) is 0 Å². The zero-order chi connectivity index (χ0) is 60.7. The summed E-state index contributed by atoms with van der Waals surface area (Å²) in [6, 6.07) is 3.17. The number of rotatable bonds is 16. The number of hydrogen-bond acceptors (Lipinski definition) is 8. The normalized spacial score (nSPS) is 42.1. The monoisotopic (exact) mass is 1180 g/mol. The quantitative estimate of drug-likeness (QED) is 0.119. The smallest absolute Gasteiger partial charge is 0.339 e. The summed E-state index contributed by atoms with van der Waals surface area (Å²) in [5.74, 6) is 2.46. The van der Waals surface area contributed by atoms with Crippen molar-refractivity contribution in [3.63, 3.8) is 0 Å². The number of esters is 4. The van der Waals surface area contributed by atoms with Crippen LogP contribution in [0.4, 0.5) is 0 Å². The van der Waals surface area contributed by atoms with Gasteiger partial charge in [0.05, 0.1) is 22.3 Å². The van der Waals surface area contributed by atoms with Gasteiger partial charge in [0, 0.05) is 45.3 Å². The van der Waals surface area contributed by atoms with Crippen LogP contribution in [0.3, 0.4) is 0 Å². The summed E-state index contributed by atoms with van der Waals surface area (Å²) in [4.78, 5) is 64.7. The van der Waals surface area contributed by atoms with Crippen molar-refractivity contribution in [1.29, 1.82) is 0 Å². The maximum Gasteiger partial charge on any atom is 0.339 e. The first-order valence-electron chi connectivity index (χ1n) is 36.8. The second-order valence-electron chi connectivity index (χ2n) is 36.0. The SMILES string of the molecule is CC1(C)[C@H]2CC[C@]1(C)[C@H](OC(=O)c1cc(C(=O)O[C@@H]3[C@H](CC4CCCCC4)[C@@H]4CC[C@@]3(C)C4(C)C)c(C(=O)O[C@@H]3[C@H](CC4CCCCC4)[C@@H]4CC[C@@]3(C)C4(C)C)cc1C(=O)O[C@@H]1[C@H](CC3CCCCC3)[C@@H]3CC[C@@]1(C)C3(C)C)[C@@H]2CC1CCCCC1. The summed E-state index contributed by atoms with van der Waals surface area (Å²) in [5, 5.41) is 0. The number of carbonyl (C=O) groups is 4. The fraction of sp³-hybridized carbons (Fsp3) is 0.872. The molecule has 0 aromatic heterocycles. The van der Waals surface area contributed by atoms with Crippen molar-refractivity contribution >= 4 is 23.9 Å². The highest BCUT2D eigenvalue weighted by Crippen LogP contribution is 2.74. The van der Waals surface area contributed by atoms with Crippen LogP contribution in [-0.4, -0.2) is 48.3 Å². The summed E-state index contributed by atoms with van der Waals surface area (Å²) in [7, 11) is 0. The third kappa shape index (κ3) is 9.58. The van der Waals surface area contributed by atoms with E-state index in [1.54, 1.807) is 12.1 Å². The molecule has 0 spiro atoms. The molecule has 86 heavy (non-hydrogen) atoms. The minimum absolute atomic E-state index is 0.0249. The molecule has 12 aliphatic rings. The van der Waals surface area contributed by atoms with Crippen LogP contribution in [0.1, 0.15) is 330 Å². The lowest BCUT2D eigenvalue weighted by Crippen LogP contribution is -2.43. The van der Waals surface area contributed by atoms with Gasteiger partial charge in [0.1, 0.15) is 24.4 Å². The van der Waals surface area contributed by atoms with Gasteiger partial charge >= 0.3 is 23.9 Å². The molecule has 8 bridgehead atoms. The third-order valence-corrected chi connectivity index (χ3v) is 31.9. The fourth-order valence-corrected chi connectivity index (χ4v) is 25.3. The summed E-state index contributed by atoms with van der Waals surface area (Å²) >= 11 is 0. The van der Waals surface area contributed by atoms with Crippen molar-refractivity contribution in [2.75, 3.05) is 0 Å². The molecule has 0 radical (unpaired) electrons. The molecule has 0 N–H and O–H groups in total. The molecule has 12 saturated carbocycles. The van der Waals surface area contributed by atoms with Crippen molar-refractivity contribution in [3.8, 4) is 0 Å². The number of carbonyl (C=O) groups excluding carboxylic acids is 4. The highest BCUT2D eigenvalue weighted by molar-refractivity contribution is 6.10. The van der Waals surface area contributed by atoms with Gasteiger partial charge in [-0.1, -0.05) is 212 Å². The lowest BCUT2D eigenvalue weighted by molar-refractivity contribution is -0.0492. The first-order chi connectivity index (χ1) is 40.8. The maximum atomic E-state index is 16.2. The largest absolute Gasteiger partial charge is 0.458 e. The lowest BCUT2D eigenvalue weighted by Gasteiger charge is -2.41. The summed E-state index contributed by atoms with van der Waals surface area (Å²) in [6.07, 6.45) is 36.1. The van der Waals surface area contributed by atoms with Gasteiger partial charge in [0.15, 0.2) is 0 Å². The van der Waals surface area contributed by atoms with Crippen LogP contribution in [0.5, 0.6) is 0 Å². The van der Waals surface area contributed by atoms with Gasteiger partial charge in [0.2, 0.25) is 0 Å². The van der Waals surface area contributed by atoms with Crippen LogP contribution in [-0.2, 0) is 18.9 Å². The predicted molar refractivity (Wildman–Crippen MR) is 340 cm³/mol. The van der Waals surface area contributed by atoms with E-state index in [9.17, 15) is 0 Å². The van der Waals surface area contributed by atoms with Crippen molar-refractivity contribution in [2.45, 2.75) is 313 Å². The average molecular weight is 1180 g/mol. The van der Waals surface area contributed by atoms with Crippen LogP contribution in [0.25, 0.3) is 0 Å². The van der Waals surface area contributed by atoms with Gasteiger partial charge in [-0.3, -0.25) is 0 Å². The van der Waals surface area contributed by atoms with E-state index < -0.39 is 23.9 Å². The summed E-state index contributed by atoms with van der Waals surface area (Å²) in [5.41, 5.74) is -1.23. The molecule has 16 atom stereocenters. The predicted octanol–water partition coefficient (Wildman–Crippen LogP) is 20.0. The molecule has 0 heterocycles. The molecule has 0 aliphatic heterocycles. The van der Waals surface area contributed by atoms with E-state index in [1.165, 1.54) is 128 Å². The average Bonchev–Trinajstić information content (AvgIpc) is 1.57. The lowest BCUT2D eigenvalue weighted by atomic mass is 9.69. The maximum absolute atomic E-state index is 16.2. The first-order valence-corrected chi connectivity index (χ1v) is 36.8. The number of benzene rings is 1. The second kappa shape index (κ2) is 22.4. The van der Waals surface area contributed by atoms with Crippen LogP contribution in [0, 0.1) is 114 Å².